The first kappa shape index (κ1) is 15.9. The molecule has 0 saturated carbocycles. The fourth-order valence-corrected chi connectivity index (χ4v) is 2.38. The van der Waals surface area contributed by atoms with Crippen molar-refractivity contribution in [3.63, 3.8) is 0 Å². The summed E-state index contributed by atoms with van der Waals surface area (Å²) in [5.74, 6) is 1.94. The Kier molecular flexibility index (Phi) is 5.42. The third-order valence-electron chi connectivity index (χ3n) is 3.38. The van der Waals surface area contributed by atoms with Crippen LogP contribution in [0.25, 0.3) is 0 Å². The maximum atomic E-state index is 9.36. The fraction of sp³-hybridized carbons (Fsp3) is 0.412. The van der Waals surface area contributed by atoms with Crippen LogP contribution in [0, 0.1) is 25.2 Å². The highest BCUT2D eigenvalue weighted by Gasteiger charge is 2.20. The van der Waals surface area contributed by atoms with Gasteiger partial charge in [0.05, 0.1) is 30.9 Å². The van der Waals surface area contributed by atoms with Crippen LogP contribution in [-0.4, -0.2) is 18.4 Å². The number of hydrogen-bond donors (Lipinski definition) is 0. The Bertz CT molecular complexity index is 639. The zero-order chi connectivity index (χ0) is 15.9. The summed E-state index contributed by atoms with van der Waals surface area (Å²) in [6.45, 7) is 6.67. The van der Waals surface area contributed by atoms with Gasteiger partial charge in [-0.2, -0.15) is 5.26 Å². The van der Waals surface area contributed by atoms with Crippen LogP contribution in [0.1, 0.15) is 36.3 Å². The molecule has 1 unspecified atom stereocenters. The lowest BCUT2D eigenvalue weighted by Gasteiger charge is -2.11. The molecule has 22 heavy (non-hydrogen) atoms. The summed E-state index contributed by atoms with van der Waals surface area (Å²) < 4.78 is 16.3. The first-order valence-corrected chi connectivity index (χ1v) is 7.33. The summed E-state index contributed by atoms with van der Waals surface area (Å²) in [5.41, 5.74) is 1.64. The molecule has 0 aliphatic rings. The summed E-state index contributed by atoms with van der Waals surface area (Å²) in [6.07, 6.45) is 0.582. The summed E-state index contributed by atoms with van der Waals surface area (Å²) in [7, 11) is 0. The van der Waals surface area contributed by atoms with Gasteiger partial charge in [0, 0.05) is 18.1 Å². The van der Waals surface area contributed by atoms with Crippen molar-refractivity contribution in [2.75, 3.05) is 13.2 Å². The van der Waals surface area contributed by atoms with Gasteiger partial charge < -0.3 is 14.0 Å². The van der Waals surface area contributed by atoms with Gasteiger partial charge in [0.2, 0.25) is 0 Å². The predicted molar refractivity (Wildman–Crippen MR) is 82.1 cm³/mol. The third-order valence-corrected chi connectivity index (χ3v) is 3.38. The standard InChI is InChI=1S/C17H20N2O3/c1-4-20-15-6-5-7-16(10-15)21-9-8-14(11-18)17-12(2)19-22-13(17)3/h5-7,10,14H,4,8-9H2,1-3H3. The van der Waals surface area contributed by atoms with Gasteiger partial charge in [0.25, 0.3) is 0 Å². The molecule has 0 amide bonds. The third kappa shape index (κ3) is 3.79. The predicted octanol–water partition coefficient (Wildman–Crippen LogP) is 3.77. The minimum Gasteiger partial charge on any atom is -0.494 e. The van der Waals surface area contributed by atoms with Crippen LogP contribution in [0.3, 0.4) is 0 Å². The van der Waals surface area contributed by atoms with Crippen molar-refractivity contribution in [1.82, 2.24) is 5.16 Å². The van der Waals surface area contributed by atoms with E-state index in [0.717, 1.165) is 22.8 Å². The minimum absolute atomic E-state index is 0.277. The number of hydrogen-bond acceptors (Lipinski definition) is 5. The Morgan fingerprint density at radius 1 is 1.27 bits per heavy atom. The van der Waals surface area contributed by atoms with Crippen LogP contribution in [-0.2, 0) is 0 Å². The molecule has 2 rings (SSSR count). The average molecular weight is 300 g/mol. The van der Waals surface area contributed by atoms with Crippen LogP contribution in [0.15, 0.2) is 28.8 Å². The normalized spacial score (nSPS) is 11.7. The van der Waals surface area contributed by atoms with Crippen molar-refractivity contribution in [3.8, 4) is 17.6 Å². The summed E-state index contributed by atoms with van der Waals surface area (Å²) >= 11 is 0. The lowest BCUT2D eigenvalue weighted by molar-refractivity contribution is 0.299. The molecule has 5 heteroatoms. The van der Waals surface area contributed by atoms with Gasteiger partial charge in [-0.3, -0.25) is 0 Å². The van der Waals surface area contributed by atoms with Crippen molar-refractivity contribution in [3.05, 3.63) is 41.3 Å². The van der Waals surface area contributed by atoms with Gasteiger partial charge in [-0.25, -0.2) is 0 Å². The van der Waals surface area contributed by atoms with E-state index in [2.05, 4.69) is 11.2 Å². The van der Waals surface area contributed by atoms with Gasteiger partial charge in [-0.05, 0) is 32.9 Å². The van der Waals surface area contributed by atoms with Gasteiger partial charge >= 0.3 is 0 Å². The second-order valence-electron chi connectivity index (χ2n) is 4.96. The molecule has 1 aromatic heterocycles. The number of nitrogens with zero attached hydrogens (tertiary/aromatic N) is 2. The van der Waals surface area contributed by atoms with Crippen molar-refractivity contribution < 1.29 is 14.0 Å². The molecule has 0 aliphatic carbocycles. The molecule has 116 valence electrons. The Balaban J connectivity index is 1.95. The molecule has 5 nitrogen and oxygen atoms in total. The quantitative estimate of drug-likeness (QED) is 0.778. The number of aromatic nitrogens is 1. The second-order valence-corrected chi connectivity index (χ2v) is 4.96. The first-order chi connectivity index (χ1) is 10.7. The van der Waals surface area contributed by atoms with Gasteiger partial charge in [0.1, 0.15) is 17.3 Å². The first-order valence-electron chi connectivity index (χ1n) is 7.33. The summed E-state index contributed by atoms with van der Waals surface area (Å²) in [4.78, 5) is 0. The van der Waals surface area contributed by atoms with E-state index in [4.69, 9.17) is 14.0 Å². The Morgan fingerprint density at radius 2 is 2.00 bits per heavy atom. The lowest BCUT2D eigenvalue weighted by atomic mass is 9.96. The number of aryl methyl sites for hydroxylation is 2. The highest BCUT2D eigenvalue weighted by Crippen LogP contribution is 2.26. The Labute approximate surface area is 130 Å². The molecule has 1 atom stereocenters. The van der Waals surface area contributed by atoms with Crippen molar-refractivity contribution in [1.29, 1.82) is 5.26 Å². The molecular formula is C17H20N2O3. The van der Waals surface area contributed by atoms with Gasteiger partial charge in [-0.1, -0.05) is 11.2 Å². The SMILES string of the molecule is CCOc1cccc(OCCC(C#N)c2c(C)noc2C)c1. The molecule has 0 radical (unpaired) electrons. The minimum atomic E-state index is -0.277. The molecule has 0 fully saturated rings. The second kappa shape index (κ2) is 7.51. The molecular weight excluding hydrogens is 280 g/mol. The van der Waals surface area contributed by atoms with Crippen molar-refractivity contribution in [2.45, 2.75) is 33.1 Å². The summed E-state index contributed by atoms with van der Waals surface area (Å²) in [5, 5.41) is 13.3. The van der Waals surface area contributed by atoms with Crippen molar-refractivity contribution >= 4 is 0 Å². The maximum absolute atomic E-state index is 9.36. The van der Waals surface area contributed by atoms with Crippen molar-refractivity contribution in [2.24, 2.45) is 0 Å². The fourth-order valence-electron chi connectivity index (χ4n) is 2.38. The van der Waals surface area contributed by atoms with E-state index in [1.54, 1.807) is 0 Å². The van der Waals surface area contributed by atoms with E-state index in [-0.39, 0.29) is 5.92 Å². The smallest absolute Gasteiger partial charge is 0.138 e. The number of benzene rings is 1. The zero-order valence-corrected chi connectivity index (χ0v) is 13.1. The molecule has 0 aliphatic heterocycles. The lowest BCUT2D eigenvalue weighted by Crippen LogP contribution is -2.06. The van der Waals surface area contributed by atoms with E-state index < -0.39 is 0 Å². The molecule has 1 heterocycles. The largest absolute Gasteiger partial charge is 0.494 e. The molecule has 0 spiro atoms. The van der Waals surface area contributed by atoms with E-state index in [0.29, 0.717) is 25.4 Å². The molecule has 2 aromatic rings. The zero-order valence-electron chi connectivity index (χ0n) is 13.1. The maximum Gasteiger partial charge on any atom is 0.138 e. The van der Waals surface area contributed by atoms with Crippen LogP contribution in [0.4, 0.5) is 0 Å². The van der Waals surface area contributed by atoms with E-state index in [9.17, 15) is 5.26 Å². The number of rotatable bonds is 7. The number of nitriles is 1. The molecule has 0 saturated heterocycles. The van der Waals surface area contributed by atoms with Gasteiger partial charge in [0.15, 0.2) is 0 Å². The van der Waals surface area contributed by atoms with E-state index in [1.165, 1.54) is 0 Å². The van der Waals surface area contributed by atoms with Gasteiger partial charge in [-0.15, -0.1) is 0 Å². The van der Waals surface area contributed by atoms with E-state index >= 15 is 0 Å². The Hall–Kier alpha value is -2.48. The van der Waals surface area contributed by atoms with Crippen LogP contribution in [0.2, 0.25) is 0 Å². The molecule has 0 N–H and O–H groups in total. The van der Waals surface area contributed by atoms with Crippen LogP contribution < -0.4 is 9.47 Å². The van der Waals surface area contributed by atoms with E-state index in [1.807, 2.05) is 45.0 Å². The highest BCUT2D eigenvalue weighted by atomic mass is 16.5. The topological polar surface area (TPSA) is 68.3 Å². The average Bonchev–Trinajstić information content (AvgIpc) is 2.84. The Morgan fingerprint density at radius 3 is 2.59 bits per heavy atom. The van der Waals surface area contributed by atoms with Crippen LogP contribution in [0.5, 0.6) is 11.5 Å². The van der Waals surface area contributed by atoms with Crippen LogP contribution >= 0.6 is 0 Å². The molecule has 0 bridgehead atoms. The summed E-state index contributed by atoms with van der Waals surface area (Å²) in [6, 6.07) is 9.79. The molecule has 1 aromatic carbocycles. The monoisotopic (exact) mass is 300 g/mol. The highest BCUT2D eigenvalue weighted by molar-refractivity contribution is 5.33. The number of ether oxygens (including phenoxy) is 2.